The number of alkyl halides is 3. The lowest BCUT2D eigenvalue weighted by molar-refractivity contribution is -0.136. The van der Waals surface area contributed by atoms with E-state index in [0.717, 1.165) is 21.2 Å². The molecule has 0 radical (unpaired) electrons. The minimum atomic E-state index is -4.10. The van der Waals surface area contributed by atoms with Gasteiger partial charge in [-0.25, -0.2) is 0 Å². The van der Waals surface area contributed by atoms with E-state index in [1.165, 1.54) is 0 Å². The van der Waals surface area contributed by atoms with Crippen molar-refractivity contribution in [2.75, 3.05) is 7.05 Å². The Hall–Kier alpha value is -0.550. The Morgan fingerprint density at radius 2 is 1.72 bits per heavy atom. The Labute approximate surface area is 114 Å². The largest absolute Gasteiger partial charge is 0.389 e. The molecular weight excluding hydrogens is 307 g/mol. The SMILES string of the molecule is CNC(CCC(F)(F)F)c1cc(C)c(Br)c(C)c1. The molecule has 0 aromatic heterocycles. The third kappa shape index (κ3) is 4.28. The topological polar surface area (TPSA) is 12.0 Å². The molecule has 0 aliphatic carbocycles. The summed E-state index contributed by atoms with van der Waals surface area (Å²) in [6.07, 6.45) is -4.82. The molecule has 0 aliphatic heterocycles. The lowest BCUT2D eigenvalue weighted by atomic mass is 9.98. The molecule has 1 N–H and O–H groups in total. The molecule has 1 nitrogen and oxygen atoms in total. The molecule has 1 aromatic carbocycles. The summed E-state index contributed by atoms with van der Waals surface area (Å²) in [6.45, 7) is 3.88. The third-order valence-electron chi connectivity index (χ3n) is 2.93. The molecule has 18 heavy (non-hydrogen) atoms. The average Bonchev–Trinajstić information content (AvgIpc) is 2.25. The van der Waals surface area contributed by atoms with E-state index in [-0.39, 0.29) is 12.5 Å². The van der Waals surface area contributed by atoms with E-state index >= 15 is 0 Å². The maximum absolute atomic E-state index is 12.3. The van der Waals surface area contributed by atoms with Crippen molar-refractivity contribution in [2.24, 2.45) is 0 Å². The van der Waals surface area contributed by atoms with Gasteiger partial charge in [0.1, 0.15) is 0 Å². The van der Waals surface area contributed by atoms with Crippen molar-refractivity contribution < 1.29 is 13.2 Å². The molecule has 0 spiro atoms. The van der Waals surface area contributed by atoms with Crippen LogP contribution in [-0.2, 0) is 0 Å². The number of nitrogens with one attached hydrogen (secondary N) is 1. The fourth-order valence-electron chi connectivity index (χ4n) is 1.97. The van der Waals surface area contributed by atoms with E-state index in [4.69, 9.17) is 0 Å². The molecule has 0 saturated carbocycles. The van der Waals surface area contributed by atoms with Gasteiger partial charge in [0.15, 0.2) is 0 Å². The molecule has 0 heterocycles. The summed E-state index contributed by atoms with van der Waals surface area (Å²) in [6, 6.07) is 3.58. The van der Waals surface area contributed by atoms with Gasteiger partial charge in [-0.1, -0.05) is 28.1 Å². The van der Waals surface area contributed by atoms with Crippen molar-refractivity contribution in [1.29, 1.82) is 0 Å². The maximum Gasteiger partial charge on any atom is 0.389 e. The first-order chi connectivity index (χ1) is 8.24. The second-order valence-corrected chi connectivity index (χ2v) is 5.26. The second kappa shape index (κ2) is 6.06. The molecule has 0 saturated heterocycles. The maximum atomic E-state index is 12.3. The molecular formula is C13H17BrF3N. The smallest absolute Gasteiger partial charge is 0.313 e. The third-order valence-corrected chi connectivity index (χ3v) is 4.18. The molecule has 0 bridgehead atoms. The van der Waals surface area contributed by atoms with Gasteiger partial charge in [0, 0.05) is 16.9 Å². The van der Waals surface area contributed by atoms with Crippen molar-refractivity contribution in [3.8, 4) is 0 Å². The zero-order valence-corrected chi connectivity index (χ0v) is 12.2. The quantitative estimate of drug-likeness (QED) is 0.849. The van der Waals surface area contributed by atoms with Crippen LogP contribution in [0, 0.1) is 13.8 Å². The fourth-order valence-corrected chi connectivity index (χ4v) is 2.20. The summed E-state index contributed by atoms with van der Waals surface area (Å²) < 4.78 is 37.8. The van der Waals surface area contributed by atoms with Gasteiger partial charge in [-0.3, -0.25) is 0 Å². The van der Waals surface area contributed by atoms with Crippen LogP contribution in [0.4, 0.5) is 13.2 Å². The van der Waals surface area contributed by atoms with E-state index in [1.54, 1.807) is 7.05 Å². The Bertz CT molecular complexity index is 392. The Morgan fingerprint density at radius 1 is 1.22 bits per heavy atom. The summed E-state index contributed by atoms with van der Waals surface area (Å²) in [7, 11) is 1.69. The van der Waals surface area contributed by atoms with E-state index in [2.05, 4.69) is 21.2 Å². The van der Waals surface area contributed by atoms with Gasteiger partial charge in [-0.05, 0) is 44.0 Å². The second-order valence-electron chi connectivity index (χ2n) is 4.46. The summed E-state index contributed by atoms with van der Waals surface area (Å²) in [4.78, 5) is 0. The van der Waals surface area contributed by atoms with E-state index in [1.807, 2.05) is 26.0 Å². The van der Waals surface area contributed by atoms with Crippen LogP contribution in [0.25, 0.3) is 0 Å². The highest BCUT2D eigenvalue weighted by Crippen LogP contribution is 2.30. The van der Waals surface area contributed by atoms with Crippen LogP contribution in [-0.4, -0.2) is 13.2 Å². The van der Waals surface area contributed by atoms with E-state index in [0.29, 0.717) is 0 Å². The first-order valence-corrected chi connectivity index (χ1v) is 6.54. The van der Waals surface area contributed by atoms with Crippen molar-refractivity contribution in [2.45, 2.75) is 38.9 Å². The van der Waals surface area contributed by atoms with Crippen molar-refractivity contribution in [1.82, 2.24) is 5.32 Å². The van der Waals surface area contributed by atoms with Crippen molar-refractivity contribution in [3.63, 3.8) is 0 Å². The Morgan fingerprint density at radius 3 is 2.11 bits per heavy atom. The van der Waals surface area contributed by atoms with Gasteiger partial charge in [-0.2, -0.15) is 13.2 Å². The predicted octanol–water partition coefficient (Wildman–Crippen LogP) is 4.67. The standard InChI is InChI=1S/C13H17BrF3N/c1-8-6-10(7-9(2)12(8)14)11(18-3)4-5-13(15,16)17/h6-7,11,18H,4-5H2,1-3H3. The van der Waals surface area contributed by atoms with Crippen LogP contribution in [0.1, 0.15) is 35.6 Å². The number of aryl methyl sites for hydroxylation is 2. The highest BCUT2D eigenvalue weighted by molar-refractivity contribution is 9.10. The summed E-state index contributed by atoms with van der Waals surface area (Å²) in [5.74, 6) is 0. The number of halogens is 4. The minimum absolute atomic E-state index is 0.0561. The molecule has 1 atom stereocenters. The minimum Gasteiger partial charge on any atom is -0.313 e. The molecule has 0 aliphatic rings. The highest BCUT2D eigenvalue weighted by atomic mass is 79.9. The highest BCUT2D eigenvalue weighted by Gasteiger charge is 2.28. The van der Waals surface area contributed by atoms with Crippen LogP contribution >= 0.6 is 15.9 Å². The lowest BCUT2D eigenvalue weighted by Crippen LogP contribution is -2.20. The molecule has 5 heteroatoms. The van der Waals surface area contributed by atoms with Gasteiger partial charge in [0.25, 0.3) is 0 Å². The number of hydrogen-bond acceptors (Lipinski definition) is 1. The average molecular weight is 324 g/mol. The molecule has 102 valence electrons. The van der Waals surface area contributed by atoms with Gasteiger partial charge in [-0.15, -0.1) is 0 Å². The number of rotatable bonds is 4. The van der Waals surface area contributed by atoms with Crippen LogP contribution in [0.2, 0.25) is 0 Å². The van der Waals surface area contributed by atoms with Gasteiger partial charge in [0.05, 0.1) is 0 Å². The van der Waals surface area contributed by atoms with Crippen molar-refractivity contribution in [3.05, 3.63) is 33.3 Å². The summed E-state index contributed by atoms with van der Waals surface area (Å²) in [5.41, 5.74) is 2.98. The Kier molecular flexibility index (Phi) is 5.22. The van der Waals surface area contributed by atoms with E-state index in [9.17, 15) is 13.2 Å². The Balaban J connectivity index is 2.89. The lowest BCUT2D eigenvalue weighted by Gasteiger charge is -2.19. The first kappa shape index (κ1) is 15.5. The normalized spacial score (nSPS) is 13.7. The van der Waals surface area contributed by atoms with Crippen LogP contribution in [0.3, 0.4) is 0 Å². The molecule has 0 amide bonds. The van der Waals surface area contributed by atoms with Crippen LogP contribution in [0.5, 0.6) is 0 Å². The molecule has 1 aromatic rings. The predicted molar refractivity (Wildman–Crippen MR) is 70.7 cm³/mol. The fraction of sp³-hybridized carbons (Fsp3) is 0.538. The van der Waals surface area contributed by atoms with Gasteiger partial charge in [0.2, 0.25) is 0 Å². The van der Waals surface area contributed by atoms with Crippen molar-refractivity contribution >= 4 is 15.9 Å². The molecule has 1 unspecified atom stereocenters. The van der Waals surface area contributed by atoms with Gasteiger partial charge < -0.3 is 5.32 Å². The van der Waals surface area contributed by atoms with Crippen LogP contribution in [0.15, 0.2) is 16.6 Å². The summed E-state index contributed by atoms with van der Waals surface area (Å²) >= 11 is 3.45. The van der Waals surface area contributed by atoms with Gasteiger partial charge >= 0.3 is 6.18 Å². The molecule has 0 fully saturated rings. The monoisotopic (exact) mass is 323 g/mol. The van der Waals surface area contributed by atoms with Crippen LogP contribution < -0.4 is 5.32 Å². The first-order valence-electron chi connectivity index (χ1n) is 5.75. The zero-order valence-electron chi connectivity index (χ0n) is 10.7. The number of hydrogen-bond donors (Lipinski definition) is 1. The zero-order chi connectivity index (χ0) is 13.9. The number of benzene rings is 1. The van der Waals surface area contributed by atoms with E-state index < -0.39 is 12.6 Å². The summed E-state index contributed by atoms with van der Waals surface area (Å²) in [5, 5.41) is 2.95. The molecule has 1 rings (SSSR count).